The first-order valence-electron chi connectivity index (χ1n) is 26.0. The highest BCUT2D eigenvalue weighted by molar-refractivity contribution is 6.11. The summed E-state index contributed by atoms with van der Waals surface area (Å²) in [6.45, 7) is 18.4. The van der Waals surface area contributed by atoms with Crippen molar-refractivity contribution >= 4 is 43.6 Å². The van der Waals surface area contributed by atoms with Gasteiger partial charge in [-0.3, -0.25) is 0 Å². The minimum atomic E-state index is -0.150. The molecule has 0 saturated carbocycles. The first-order valence-corrected chi connectivity index (χ1v) is 26.0. The third-order valence-electron chi connectivity index (χ3n) is 16.1. The van der Waals surface area contributed by atoms with E-state index in [0.717, 1.165) is 0 Å². The summed E-state index contributed by atoms with van der Waals surface area (Å²) in [6.07, 6.45) is 0. The van der Waals surface area contributed by atoms with Crippen LogP contribution in [0.5, 0.6) is 0 Å². The average molecular weight is 941 g/mol. The zero-order valence-corrected chi connectivity index (χ0v) is 43.2. The van der Waals surface area contributed by atoms with Crippen LogP contribution in [-0.4, -0.2) is 9.13 Å². The summed E-state index contributed by atoms with van der Waals surface area (Å²) >= 11 is 0. The van der Waals surface area contributed by atoms with E-state index in [1.807, 2.05) is 0 Å². The van der Waals surface area contributed by atoms with Crippen molar-refractivity contribution in [1.82, 2.24) is 9.13 Å². The molecule has 354 valence electrons. The summed E-state index contributed by atoms with van der Waals surface area (Å²) in [6, 6.07) is 82.2. The van der Waals surface area contributed by atoms with E-state index >= 15 is 0 Å². The number of rotatable bonds is 6. The summed E-state index contributed by atoms with van der Waals surface area (Å²) in [7, 11) is 0. The third kappa shape index (κ3) is 7.37. The molecule has 10 aromatic carbocycles. The summed E-state index contributed by atoms with van der Waals surface area (Å²) in [5.74, 6) is 0. The number of nitrogens with zero attached hydrogens (tertiary/aromatic N) is 2. The first-order chi connectivity index (χ1) is 35.2. The number of aromatic nitrogens is 2. The van der Waals surface area contributed by atoms with Crippen molar-refractivity contribution in [3.8, 4) is 67.0 Å². The number of para-hydroxylation sites is 2. The Morgan fingerprint density at radius 3 is 0.945 bits per heavy atom. The van der Waals surface area contributed by atoms with Gasteiger partial charge in [0.2, 0.25) is 0 Å². The van der Waals surface area contributed by atoms with Crippen molar-refractivity contribution in [1.29, 1.82) is 0 Å². The third-order valence-corrected chi connectivity index (χ3v) is 16.1. The second-order valence-electron chi connectivity index (χ2n) is 23.1. The van der Waals surface area contributed by atoms with Crippen LogP contribution < -0.4 is 0 Å². The van der Waals surface area contributed by atoms with Crippen LogP contribution in [0.15, 0.2) is 218 Å². The fourth-order valence-corrected chi connectivity index (χ4v) is 11.9. The lowest BCUT2D eigenvalue weighted by molar-refractivity contribution is 0.590. The van der Waals surface area contributed by atoms with Crippen molar-refractivity contribution in [2.45, 2.75) is 71.6 Å². The van der Waals surface area contributed by atoms with Gasteiger partial charge < -0.3 is 9.13 Å². The molecule has 1 aliphatic rings. The maximum absolute atomic E-state index is 2.44. The highest BCUT2D eigenvalue weighted by Gasteiger charge is 2.36. The predicted molar refractivity (Wildman–Crippen MR) is 312 cm³/mol. The molecule has 0 spiro atoms. The van der Waals surface area contributed by atoms with Crippen molar-refractivity contribution in [3.05, 3.63) is 241 Å². The molecule has 0 fully saturated rings. The zero-order valence-electron chi connectivity index (χ0n) is 43.2. The lowest BCUT2D eigenvalue weighted by Gasteiger charge is -2.22. The Labute approximate surface area is 429 Å². The molecule has 0 unspecified atom stereocenters. The summed E-state index contributed by atoms with van der Waals surface area (Å²) < 4.78 is 4.82. The van der Waals surface area contributed by atoms with Gasteiger partial charge in [-0.15, -0.1) is 0 Å². The molecule has 12 aromatic rings. The Morgan fingerprint density at radius 1 is 0.288 bits per heavy atom. The highest BCUT2D eigenvalue weighted by Crippen LogP contribution is 2.51. The van der Waals surface area contributed by atoms with E-state index in [9.17, 15) is 0 Å². The minimum Gasteiger partial charge on any atom is -0.309 e. The van der Waals surface area contributed by atoms with E-state index in [0.29, 0.717) is 0 Å². The van der Waals surface area contributed by atoms with E-state index in [2.05, 4.69) is 283 Å². The van der Waals surface area contributed by atoms with Crippen molar-refractivity contribution in [2.75, 3.05) is 0 Å². The van der Waals surface area contributed by atoms with Gasteiger partial charge in [-0.1, -0.05) is 201 Å². The van der Waals surface area contributed by atoms with Crippen molar-refractivity contribution < 1.29 is 0 Å². The smallest absolute Gasteiger partial charge is 0.0541 e. The van der Waals surface area contributed by atoms with Gasteiger partial charge in [-0.2, -0.15) is 0 Å². The maximum atomic E-state index is 2.44. The normalized spacial score (nSPS) is 13.3. The van der Waals surface area contributed by atoms with E-state index in [-0.39, 0.29) is 16.2 Å². The van der Waals surface area contributed by atoms with Crippen LogP contribution in [0.25, 0.3) is 111 Å². The van der Waals surface area contributed by atoms with Crippen LogP contribution in [0, 0.1) is 0 Å². The molecule has 0 saturated heterocycles. The second kappa shape index (κ2) is 16.4. The van der Waals surface area contributed by atoms with Crippen molar-refractivity contribution in [3.63, 3.8) is 0 Å². The summed E-state index contributed by atoms with van der Waals surface area (Å²) in [5, 5.41) is 5.08. The van der Waals surface area contributed by atoms with Gasteiger partial charge in [0.05, 0.1) is 22.1 Å². The van der Waals surface area contributed by atoms with Gasteiger partial charge in [0.15, 0.2) is 0 Å². The Kier molecular flexibility index (Phi) is 10.1. The van der Waals surface area contributed by atoms with Gasteiger partial charge in [0.25, 0.3) is 0 Å². The lowest BCUT2D eigenvalue weighted by atomic mass is 9.80. The van der Waals surface area contributed by atoms with E-state index < -0.39 is 0 Å². The Bertz CT molecular complexity index is 3850. The quantitative estimate of drug-likeness (QED) is 0.157. The second-order valence-corrected chi connectivity index (χ2v) is 23.1. The predicted octanol–water partition coefficient (Wildman–Crippen LogP) is 19.5. The van der Waals surface area contributed by atoms with Gasteiger partial charge in [0, 0.05) is 38.3 Å². The van der Waals surface area contributed by atoms with E-state index in [4.69, 9.17) is 0 Å². The number of hydrogen-bond donors (Lipinski definition) is 0. The van der Waals surface area contributed by atoms with E-state index in [1.165, 1.54) is 133 Å². The number of hydrogen-bond acceptors (Lipinski definition) is 0. The van der Waals surface area contributed by atoms with Crippen LogP contribution in [0.4, 0.5) is 0 Å². The maximum Gasteiger partial charge on any atom is 0.0541 e. The number of benzene rings is 10. The van der Waals surface area contributed by atoms with Crippen molar-refractivity contribution in [2.24, 2.45) is 0 Å². The van der Waals surface area contributed by atoms with Crippen LogP contribution in [-0.2, 0) is 16.2 Å². The molecular weight excluding hydrogens is 881 g/mol. The fraction of sp³-hybridized carbons (Fsp3) is 0.155. The van der Waals surface area contributed by atoms with Gasteiger partial charge in [-0.25, -0.2) is 0 Å². The molecule has 73 heavy (non-hydrogen) atoms. The molecule has 0 radical (unpaired) electrons. The topological polar surface area (TPSA) is 9.86 Å². The van der Waals surface area contributed by atoms with Crippen LogP contribution in [0.1, 0.15) is 77.6 Å². The van der Waals surface area contributed by atoms with Gasteiger partial charge >= 0.3 is 0 Å². The van der Waals surface area contributed by atoms with Crippen LogP contribution >= 0.6 is 0 Å². The summed E-state index contributed by atoms with van der Waals surface area (Å²) in [5.41, 5.74) is 25.3. The monoisotopic (exact) mass is 940 g/mol. The molecule has 2 heterocycles. The first kappa shape index (κ1) is 44.7. The van der Waals surface area contributed by atoms with Crippen LogP contribution in [0.3, 0.4) is 0 Å². The SMILES string of the molecule is CC(C)(C)c1ccc(-n2c3ccccc3c3cc(-c4ccc(-c5ccc6c(c5)C(C)(C)c5cc(-c7ccc(-c8ccc9c(c8)c8ccccc8n9-c8ccc(C(C)(C)C)cc8)cc7)ccc5-6)cc4)ccc32)cc1. The Morgan fingerprint density at radius 2 is 0.589 bits per heavy atom. The molecule has 1 aliphatic carbocycles. The molecule has 0 atom stereocenters. The molecule has 2 aromatic heterocycles. The largest absolute Gasteiger partial charge is 0.309 e. The Balaban J connectivity index is 0.759. The summed E-state index contributed by atoms with van der Waals surface area (Å²) in [4.78, 5) is 0. The van der Waals surface area contributed by atoms with E-state index in [1.54, 1.807) is 0 Å². The molecule has 2 heteroatoms. The molecule has 0 aliphatic heterocycles. The standard InChI is InChI=1S/C71H60N2/c1-69(2,3)53-29-33-55(34-30-53)72-65-15-11-9-13-59(65)61-41-49(27-39-67(61)72)45-17-21-47(22-18-45)51-25-37-57-58-38-26-52(44-64(58)71(7,8)63(57)43-51)48-23-19-46(20-24-48)50-28-40-68-62(42-50)60-14-10-12-16-66(60)73(68)56-35-31-54(32-36-56)70(4,5)6/h9-44H,1-8H3. The minimum absolute atomic E-state index is 0.111. The van der Waals surface area contributed by atoms with Gasteiger partial charge in [0.1, 0.15) is 0 Å². The van der Waals surface area contributed by atoms with Crippen LogP contribution in [0.2, 0.25) is 0 Å². The molecule has 13 rings (SSSR count). The van der Waals surface area contributed by atoms with Gasteiger partial charge in [-0.05, 0) is 162 Å². The molecular formula is C71H60N2. The molecule has 0 amide bonds. The fourth-order valence-electron chi connectivity index (χ4n) is 11.9. The highest BCUT2D eigenvalue weighted by atomic mass is 15.0. The number of fused-ring (bicyclic) bond motifs is 9. The molecule has 0 bridgehead atoms. The average Bonchev–Trinajstić information content (AvgIpc) is 4.00. The molecule has 2 nitrogen and oxygen atoms in total. The lowest BCUT2D eigenvalue weighted by Crippen LogP contribution is -2.15. The Hall–Kier alpha value is -8.20. The zero-order chi connectivity index (χ0) is 50.0. The molecule has 0 N–H and O–H groups in total.